The van der Waals surface area contributed by atoms with Crippen molar-refractivity contribution in [3.8, 4) is 16.8 Å². The van der Waals surface area contributed by atoms with Crippen molar-refractivity contribution in [1.82, 2.24) is 29.3 Å². The topological polar surface area (TPSA) is 178 Å². The number of hydrogen-bond donors (Lipinski definition) is 0. The number of ketones is 1. The lowest BCUT2D eigenvalue weighted by Gasteiger charge is -2.19. The Morgan fingerprint density at radius 3 is 2.32 bits per heavy atom. The summed E-state index contributed by atoms with van der Waals surface area (Å²) in [4.78, 5) is 81.9. The monoisotopic (exact) mass is 805 g/mol. The molecule has 3 atom stereocenters. The van der Waals surface area contributed by atoms with Gasteiger partial charge in [-0.3, -0.25) is 23.7 Å². The summed E-state index contributed by atoms with van der Waals surface area (Å²) in [5.74, 6) is -2.96. The zero-order valence-corrected chi connectivity index (χ0v) is 31.8. The highest BCUT2D eigenvalue weighted by Crippen LogP contribution is 2.59. The molecule has 286 valence electrons. The first-order chi connectivity index (χ1) is 27.2. The summed E-state index contributed by atoms with van der Waals surface area (Å²) in [7, 11) is 0. The average molecular weight is 807 g/mol. The maximum Gasteiger partial charge on any atom is 0.435 e. The first-order valence-electron chi connectivity index (χ1n) is 17.8. The van der Waals surface area contributed by atoms with Gasteiger partial charge < -0.3 is 9.47 Å². The number of carbonyl (C=O) groups excluding carboxylic acids is 5. The van der Waals surface area contributed by atoms with Crippen molar-refractivity contribution < 1.29 is 33.4 Å². The molecule has 1 saturated carbocycles. The van der Waals surface area contributed by atoms with E-state index in [4.69, 9.17) is 32.7 Å². The van der Waals surface area contributed by atoms with Crippen LogP contribution in [0, 0.1) is 5.92 Å². The Balaban J connectivity index is 0.983. The predicted octanol–water partition coefficient (Wildman–Crippen LogP) is 6.42. The third-order valence-electron chi connectivity index (χ3n) is 10.1. The van der Waals surface area contributed by atoms with Gasteiger partial charge in [-0.2, -0.15) is 4.68 Å². The van der Waals surface area contributed by atoms with Crippen molar-refractivity contribution in [3.05, 3.63) is 122 Å². The fourth-order valence-electron chi connectivity index (χ4n) is 7.58. The van der Waals surface area contributed by atoms with Crippen LogP contribution in [0.25, 0.3) is 27.7 Å². The third kappa shape index (κ3) is 6.10. The lowest BCUT2D eigenvalue weighted by Crippen LogP contribution is -2.32. The summed E-state index contributed by atoms with van der Waals surface area (Å²) >= 11 is 12.4. The van der Waals surface area contributed by atoms with Crippen LogP contribution in [-0.2, 0) is 14.3 Å². The number of Topliss-reactive ketones (excluding diaryl/α,β-unsaturated/α-hetero) is 1. The molecule has 2 amide bonds. The van der Waals surface area contributed by atoms with Gasteiger partial charge >= 0.3 is 12.1 Å². The first kappa shape index (κ1) is 36.2. The summed E-state index contributed by atoms with van der Waals surface area (Å²) in [5, 5.41) is 13.1. The maximum atomic E-state index is 13.7. The van der Waals surface area contributed by atoms with E-state index in [9.17, 15) is 28.8 Å². The summed E-state index contributed by atoms with van der Waals surface area (Å²) in [5.41, 5.74) is 1.57. The van der Waals surface area contributed by atoms with Crippen LogP contribution in [0.15, 0.2) is 83.8 Å². The van der Waals surface area contributed by atoms with E-state index in [-0.39, 0.29) is 50.4 Å². The number of nitrogens with zero attached hydrogens (tertiary/aromatic N) is 7. The number of benzene rings is 3. The van der Waals surface area contributed by atoms with E-state index in [2.05, 4.69) is 15.4 Å². The molecule has 0 unspecified atom stereocenters. The van der Waals surface area contributed by atoms with Gasteiger partial charge in [0.15, 0.2) is 23.4 Å². The fraction of sp³-hybridized carbons (Fsp3) is 0.225. The van der Waals surface area contributed by atoms with E-state index in [1.54, 1.807) is 51.1 Å². The van der Waals surface area contributed by atoms with E-state index < -0.39 is 53.5 Å². The second-order valence-corrected chi connectivity index (χ2v) is 15.8. The Bertz CT molecular complexity index is 2800. The number of hydrogen-bond acceptors (Lipinski definition) is 11. The molecule has 6 aromatic rings. The minimum Gasteiger partial charge on any atom is -0.456 e. The van der Waals surface area contributed by atoms with Crippen LogP contribution in [0.3, 0.4) is 0 Å². The van der Waals surface area contributed by atoms with E-state index >= 15 is 0 Å². The first-order valence-corrected chi connectivity index (χ1v) is 18.5. The molecule has 2 aliphatic heterocycles. The van der Waals surface area contributed by atoms with Crippen molar-refractivity contribution in [2.24, 2.45) is 5.92 Å². The maximum absolute atomic E-state index is 13.7. The summed E-state index contributed by atoms with van der Waals surface area (Å²) in [6.45, 7) is 4.32. The Labute approximate surface area is 332 Å². The fourth-order valence-corrected chi connectivity index (χ4v) is 7.88. The number of ether oxygens (including phenoxy) is 2. The number of rotatable bonds is 7. The molecule has 3 aromatic heterocycles. The largest absolute Gasteiger partial charge is 0.456 e. The number of carbonyl (C=O) groups is 5. The molecule has 0 N–H and O–H groups in total. The Hall–Kier alpha value is -6.45. The van der Waals surface area contributed by atoms with Gasteiger partial charge in [0.05, 0.1) is 28.5 Å². The van der Waals surface area contributed by atoms with Crippen molar-refractivity contribution in [1.29, 1.82) is 0 Å². The van der Waals surface area contributed by atoms with Crippen molar-refractivity contribution >= 4 is 69.6 Å². The second kappa shape index (κ2) is 13.1. The molecule has 1 fully saturated rings. The van der Waals surface area contributed by atoms with Crippen LogP contribution >= 0.6 is 23.2 Å². The molecule has 0 radical (unpaired) electrons. The summed E-state index contributed by atoms with van der Waals surface area (Å²) in [6, 6.07) is 18.0. The van der Waals surface area contributed by atoms with Crippen LogP contribution in [0.2, 0.25) is 10.2 Å². The van der Waals surface area contributed by atoms with Crippen LogP contribution < -0.4 is 10.5 Å². The van der Waals surface area contributed by atoms with Crippen LogP contribution in [0.4, 0.5) is 10.6 Å². The highest BCUT2D eigenvalue weighted by atomic mass is 35.5. The zero-order valence-electron chi connectivity index (χ0n) is 30.3. The van der Waals surface area contributed by atoms with Crippen LogP contribution in [-0.4, -0.2) is 71.2 Å². The molecule has 5 heterocycles. The molecule has 1 aliphatic carbocycles. The SMILES string of the molecule is CC(C)(C)OC(=O)n1nc(N2C(=O)c3ccccc3C2=O)c2ccc(C(=O)COC(=O)[C@@H]3[C@H]4C[C@H]4c4cc(-c5cc(Cl)ccc5-n5cc(Cl)nn5)cc(=O)n43)cc21. The number of aromatic nitrogens is 6. The Kier molecular flexibility index (Phi) is 8.30. The lowest BCUT2D eigenvalue weighted by atomic mass is 10.0. The summed E-state index contributed by atoms with van der Waals surface area (Å²) < 4.78 is 14.9. The van der Waals surface area contributed by atoms with Gasteiger partial charge in [-0.15, -0.1) is 10.2 Å². The van der Waals surface area contributed by atoms with E-state index in [0.717, 1.165) is 9.58 Å². The number of pyridine rings is 1. The lowest BCUT2D eigenvalue weighted by molar-refractivity contribution is -0.147. The van der Waals surface area contributed by atoms with Gasteiger partial charge in [0.2, 0.25) is 0 Å². The number of fused-ring (bicyclic) bond motifs is 5. The molecule has 3 aliphatic rings. The van der Waals surface area contributed by atoms with Crippen LogP contribution in [0.5, 0.6) is 0 Å². The normalized spacial score (nSPS) is 18.1. The average Bonchev–Trinajstić information content (AvgIpc) is 3.39. The molecule has 3 aromatic carbocycles. The molecule has 17 heteroatoms. The molecule has 15 nitrogen and oxygen atoms in total. The standard InChI is InChI=1S/C40H29Cl2N7O8/c1-40(2,3)57-39(55)49-30-12-19(8-10-24(30)35(44-49)48-36(52)22-6-4-5-7-23(22)37(48)53)31(50)18-56-38(54)34-27-16-26(27)29-13-20(14-33(51)47(29)34)25-15-21(41)9-11-28(25)46-17-32(42)43-45-46/h4-15,17,26-27,34H,16,18H2,1-3H3/t26-,27+,34+/m1/s1. The van der Waals surface area contributed by atoms with Gasteiger partial charge in [-0.05, 0) is 87.2 Å². The van der Waals surface area contributed by atoms with Crippen molar-refractivity contribution in [3.63, 3.8) is 0 Å². The van der Waals surface area contributed by atoms with Gasteiger partial charge in [-0.25, -0.2) is 19.2 Å². The number of amides is 2. The highest BCUT2D eigenvalue weighted by Gasteiger charge is 2.56. The Morgan fingerprint density at radius 1 is 0.895 bits per heavy atom. The number of imide groups is 1. The number of esters is 1. The quantitative estimate of drug-likeness (QED) is 0.0988. The Morgan fingerprint density at radius 2 is 1.63 bits per heavy atom. The number of halogens is 2. The molecular formula is C40H29Cl2N7O8. The molecule has 9 rings (SSSR count). The highest BCUT2D eigenvalue weighted by molar-refractivity contribution is 6.35. The minimum absolute atomic E-state index is 0.0536. The smallest absolute Gasteiger partial charge is 0.435 e. The minimum atomic E-state index is -0.939. The van der Waals surface area contributed by atoms with Crippen molar-refractivity contribution in [2.75, 3.05) is 11.5 Å². The van der Waals surface area contributed by atoms with E-state index in [1.165, 1.54) is 51.8 Å². The zero-order chi connectivity index (χ0) is 40.1. The van der Waals surface area contributed by atoms with E-state index in [0.29, 0.717) is 34.0 Å². The molecule has 0 bridgehead atoms. The van der Waals surface area contributed by atoms with Gasteiger partial charge in [-0.1, -0.05) is 46.6 Å². The molecular weight excluding hydrogens is 777 g/mol. The van der Waals surface area contributed by atoms with Gasteiger partial charge in [0, 0.05) is 39.2 Å². The van der Waals surface area contributed by atoms with Crippen molar-refractivity contribution in [2.45, 2.75) is 44.8 Å². The second-order valence-electron chi connectivity index (χ2n) is 14.9. The third-order valence-corrected chi connectivity index (χ3v) is 10.5. The van der Waals surface area contributed by atoms with Gasteiger partial charge in [0.1, 0.15) is 11.6 Å². The van der Waals surface area contributed by atoms with E-state index in [1.807, 2.05) is 6.07 Å². The molecule has 0 spiro atoms. The molecule has 57 heavy (non-hydrogen) atoms. The predicted molar refractivity (Wildman–Crippen MR) is 205 cm³/mol. The molecule has 0 saturated heterocycles. The summed E-state index contributed by atoms with van der Waals surface area (Å²) in [6.07, 6.45) is 1.27. The number of anilines is 1. The van der Waals surface area contributed by atoms with Gasteiger partial charge in [0.25, 0.3) is 17.4 Å². The van der Waals surface area contributed by atoms with Crippen LogP contribution in [0.1, 0.15) is 75.9 Å².